The van der Waals surface area contributed by atoms with Gasteiger partial charge < -0.3 is 4.98 Å². The number of amides is 1. The second-order valence-corrected chi connectivity index (χ2v) is 7.00. The third-order valence-electron chi connectivity index (χ3n) is 4.64. The molecule has 0 unspecified atom stereocenters. The molecule has 3 aromatic carbocycles. The summed E-state index contributed by atoms with van der Waals surface area (Å²) in [5.41, 5.74) is 7.57. The molecule has 144 valence electrons. The minimum absolute atomic E-state index is 0.290. The zero-order chi connectivity index (χ0) is 20.2. The fourth-order valence-electron chi connectivity index (χ4n) is 3.00. The third kappa shape index (κ3) is 4.20. The van der Waals surface area contributed by atoms with Crippen LogP contribution in [-0.2, 0) is 6.42 Å². The number of aromatic nitrogens is 2. The molecule has 5 nitrogen and oxygen atoms in total. The Morgan fingerprint density at radius 3 is 2.69 bits per heavy atom. The van der Waals surface area contributed by atoms with Crippen molar-refractivity contribution >= 4 is 34.8 Å². The number of hydrogen-bond acceptors (Lipinski definition) is 3. The van der Waals surface area contributed by atoms with Gasteiger partial charge in [0, 0.05) is 11.1 Å². The number of carbonyl (C=O) groups excluding carboxylic acids is 1. The molecule has 6 heteroatoms. The molecule has 0 aliphatic carbocycles. The number of halogens is 1. The summed E-state index contributed by atoms with van der Waals surface area (Å²) in [6.45, 7) is 2.11. The van der Waals surface area contributed by atoms with Gasteiger partial charge in [0.2, 0.25) is 0 Å². The monoisotopic (exact) mass is 402 g/mol. The number of nitrogens with zero attached hydrogens (tertiary/aromatic N) is 2. The Morgan fingerprint density at radius 1 is 1.14 bits per heavy atom. The number of imidazole rings is 1. The Morgan fingerprint density at radius 2 is 1.93 bits per heavy atom. The Hall–Kier alpha value is -3.44. The van der Waals surface area contributed by atoms with Crippen LogP contribution in [0, 0.1) is 0 Å². The van der Waals surface area contributed by atoms with Crippen LogP contribution in [-0.4, -0.2) is 22.1 Å². The van der Waals surface area contributed by atoms with Crippen LogP contribution in [0.1, 0.15) is 28.4 Å². The number of H-pyrrole nitrogens is 1. The highest BCUT2D eigenvalue weighted by atomic mass is 35.5. The van der Waals surface area contributed by atoms with E-state index in [1.807, 2.05) is 48.5 Å². The van der Waals surface area contributed by atoms with Crippen molar-refractivity contribution in [3.63, 3.8) is 0 Å². The lowest BCUT2D eigenvalue weighted by molar-refractivity contribution is 0.0955. The molecular weight excluding hydrogens is 384 g/mol. The summed E-state index contributed by atoms with van der Waals surface area (Å²) >= 11 is 6.25. The first-order chi connectivity index (χ1) is 14.1. The number of hydrogen-bond donors (Lipinski definition) is 2. The molecule has 0 spiro atoms. The first-order valence-electron chi connectivity index (χ1n) is 9.31. The van der Waals surface area contributed by atoms with Gasteiger partial charge in [-0.25, -0.2) is 10.4 Å². The maximum atomic E-state index is 12.4. The van der Waals surface area contributed by atoms with Gasteiger partial charge in [0.05, 0.1) is 22.3 Å². The van der Waals surface area contributed by atoms with Crippen LogP contribution < -0.4 is 5.43 Å². The van der Waals surface area contributed by atoms with Crippen molar-refractivity contribution in [2.75, 3.05) is 0 Å². The van der Waals surface area contributed by atoms with E-state index in [0.717, 1.165) is 28.6 Å². The van der Waals surface area contributed by atoms with Crippen molar-refractivity contribution < 1.29 is 4.79 Å². The van der Waals surface area contributed by atoms with E-state index in [9.17, 15) is 4.79 Å². The molecule has 29 heavy (non-hydrogen) atoms. The average Bonchev–Trinajstić information content (AvgIpc) is 3.17. The van der Waals surface area contributed by atoms with Gasteiger partial charge in [0.15, 0.2) is 0 Å². The average molecular weight is 403 g/mol. The van der Waals surface area contributed by atoms with Crippen molar-refractivity contribution in [1.82, 2.24) is 15.4 Å². The lowest BCUT2D eigenvalue weighted by Gasteiger charge is -2.00. The van der Waals surface area contributed by atoms with Gasteiger partial charge in [-0.15, -0.1) is 0 Å². The quantitative estimate of drug-likeness (QED) is 0.355. The molecule has 0 aliphatic rings. The molecule has 1 amide bonds. The number of rotatable bonds is 5. The van der Waals surface area contributed by atoms with Crippen molar-refractivity contribution in [1.29, 1.82) is 0 Å². The van der Waals surface area contributed by atoms with Crippen LogP contribution in [0.5, 0.6) is 0 Å². The fourth-order valence-corrected chi connectivity index (χ4v) is 3.23. The molecule has 0 saturated carbocycles. The maximum absolute atomic E-state index is 12.4. The lowest BCUT2D eigenvalue weighted by atomic mass is 10.1. The zero-order valence-corrected chi connectivity index (χ0v) is 16.6. The van der Waals surface area contributed by atoms with E-state index in [0.29, 0.717) is 16.4 Å². The van der Waals surface area contributed by atoms with Gasteiger partial charge in [-0.1, -0.05) is 54.9 Å². The standard InChI is InChI=1S/C23H19ClN4O/c1-2-15-7-9-16(10-8-15)14-25-28-23(29)17-11-12-20-21(13-17)27-22(26-20)18-5-3-4-6-19(18)24/h3-14H,2H2,1H3,(H,26,27)(H,28,29)/b25-14+. The normalized spacial score (nSPS) is 11.2. The summed E-state index contributed by atoms with van der Waals surface area (Å²) in [5.74, 6) is 0.374. The first-order valence-corrected chi connectivity index (χ1v) is 9.69. The molecular formula is C23H19ClN4O. The Bertz CT molecular complexity index is 1200. The highest BCUT2D eigenvalue weighted by Gasteiger charge is 2.11. The smallest absolute Gasteiger partial charge is 0.271 e. The predicted octanol–water partition coefficient (Wildman–Crippen LogP) is 5.21. The number of nitrogens with one attached hydrogen (secondary N) is 2. The van der Waals surface area contributed by atoms with Crippen LogP contribution in [0.4, 0.5) is 0 Å². The number of hydrazone groups is 1. The van der Waals surface area contributed by atoms with Crippen LogP contribution in [0.2, 0.25) is 5.02 Å². The Balaban J connectivity index is 1.50. The van der Waals surface area contributed by atoms with Gasteiger partial charge in [-0.05, 0) is 47.9 Å². The number of carbonyl (C=O) groups is 1. The van der Waals surface area contributed by atoms with E-state index in [-0.39, 0.29) is 5.91 Å². The second-order valence-electron chi connectivity index (χ2n) is 6.59. The lowest BCUT2D eigenvalue weighted by Crippen LogP contribution is -2.17. The molecule has 2 N–H and O–H groups in total. The van der Waals surface area contributed by atoms with Gasteiger partial charge in [-0.2, -0.15) is 5.10 Å². The topological polar surface area (TPSA) is 70.1 Å². The molecule has 4 rings (SSSR count). The largest absolute Gasteiger partial charge is 0.338 e. The molecule has 0 saturated heterocycles. The van der Waals surface area contributed by atoms with E-state index < -0.39 is 0 Å². The molecule has 0 bridgehead atoms. The van der Waals surface area contributed by atoms with Crippen molar-refractivity contribution in [3.8, 4) is 11.4 Å². The number of aromatic amines is 1. The highest BCUT2D eigenvalue weighted by molar-refractivity contribution is 6.33. The van der Waals surface area contributed by atoms with Gasteiger partial charge >= 0.3 is 0 Å². The fraction of sp³-hybridized carbons (Fsp3) is 0.0870. The molecule has 0 atom stereocenters. The van der Waals surface area contributed by atoms with Crippen LogP contribution >= 0.6 is 11.6 Å². The summed E-state index contributed by atoms with van der Waals surface area (Å²) in [7, 11) is 0. The predicted molar refractivity (Wildman–Crippen MR) is 117 cm³/mol. The molecule has 0 aliphatic heterocycles. The van der Waals surface area contributed by atoms with Crippen LogP contribution in [0.15, 0.2) is 71.8 Å². The summed E-state index contributed by atoms with van der Waals surface area (Å²) in [4.78, 5) is 20.2. The van der Waals surface area contributed by atoms with E-state index in [1.54, 1.807) is 24.4 Å². The van der Waals surface area contributed by atoms with Crippen molar-refractivity contribution in [2.24, 2.45) is 5.10 Å². The van der Waals surface area contributed by atoms with E-state index in [2.05, 4.69) is 27.4 Å². The van der Waals surface area contributed by atoms with Crippen LogP contribution in [0.3, 0.4) is 0 Å². The van der Waals surface area contributed by atoms with Gasteiger partial charge in [0.25, 0.3) is 5.91 Å². The molecule has 0 radical (unpaired) electrons. The SMILES string of the molecule is CCc1ccc(/C=N/NC(=O)c2ccc3nc(-c4ccccc4Cl)[nH]c3c2)cc1. The van der Waals surface area contributed by atoms with E-state index >= 15 is 0 Å². The summed E-state index contributed by atoms with van der Waals surface area (Å²) in [6.07, 6.45) is 2.62. The van der Waals surface area contributed by atoms with Crippen molar-refractivity contribution in [2.45, 2.75) is 13.3 Å². The number of benzene rings is 3. The van der Waals surface area contributed by atoms with E-state index in [1.165, 1.54) is 5.56 Å². The molecule has 0 fully saturated rings. The summed E-state index contributed by atoms with van der Waals surface area (Å²) < 4.78 is 0. The van der Waals surface area contributed by atoms with Crippen molar-refractivity contribution in [3.05, 3.63) is 88.4 Å². The van der Waals surface area contributed by atoms with Gasteiger partial charge in [0.1, 0.15) is 5.82 Å². The van der Waals surface area contributed by atoms with Crippen LogP contribution in [0.25, 0.3) is 22.4 Å². The molecule has 1 aromatic heterocycles. The highest BCUT2D eigenvalue weighted by Crippen LogP contribution is 2.27. The number of fused-ring (bicyclic) bond motifs is 1. The zero-order valence-electron chi connectivity index (χ0n) is 15.8. The third-order valence-corrected chi connectivity index (χ3v) is 4.97. The van der Waals surface area contributed by atoms with E-state index in [4.69, 9.17) is 11.6 Å². The molecule has 4 aromatic rings. The summed E-state index contributed by atoms with van der Waals surface area (Å²) in [6, 6.07) is 20.8. The minimum Gasteiger partial charge on any atom is -0.338 e. The van der Waals surface area contributed by atoms with Gasteiger partial charge in [-0.3, -0.25) is 4.79 Å². The summed E-state index contributed by atoms with van der Waals surface area (Å²) in [5, 5.41) is 4.67. The first kappa shape index (κ1) is 18.9. The Kier molecular flexibility index (Phi) is 5.40. The maximum Gasteiger partial charge on any atom is 0.271 e. The molecule has 1 heterocycles. The second kappa shape index (κ2) is 8.29. The number of aryl methyl sites for hydroxylation is 1. The Labute approximate surface area is 173 Å². The minimum atomic E-state index is -0.290.